The Labute approximate surface area is 129 Å². The standard InChI is InChI=1S/C15H11N3O3S/c19-13-5-4-9(7-10(13)14(20)21)17-15-18-12(8-22-15)11-3-1-2-6-16-11/h1-8,19H,(H,17,18)(H,20,21)/p-1. The first-order valence-electron chi connectivity index (χ1n) is 6.32. The molecular weight excluding hydrogens is 302 g/mol. The molecule has 3 rings (SSSR count). The van der Waals surface area contributed by atoms with E-state index in [1.165, 1.54) is 29.5 Å². The predicted molar refractivity (Wildman–Crippen MR) is 81.5 cm³/mol. The Hall–Kier alpha value is -2.93. The second kappa shape index (κ2) is 5.82. The van der Waals surface area contributed by atoms with Crippen molar-refractivity contribution in [3.63, 3.8) is 0 Å². The maximum Gasteiger partial charge on any atom is 0.335 e. The van der Waals surface area contributed by atoms with Crippen molar-refractivity contribution in [1.82, 2.24) is 9.97 Å². The van der Waals surface area contributed by atoms with Crippen LogP contribution < -0.4 is 10.4 Å². The van der Waals surface area contributed by atoms with Gasteiger partial charge in [-0.2, -0.15) is 0 Å². The number of benzene rings is 1. The van der Waals surface area contributed by atoms with E-state index in [9.17, 15) is 9.90 Å². The molecule has 2 aromatic heterocycles. The van der Waals surface area contributed by atoms with Gasteiger partial charge in [-0.05, 0) is 24.3 Å². The van der Waals surface area contributed by atoms with Gasteiger partial charge in [0.15, 0.2) is 5.13 Å². The van der Waals surface area contributed by atoms with E-state index in [-0.39, 0.29) is 5.56 Å². The first-order chi connectivity index (χ1) is 10.6. The molecular formula is C15H10N3O3S-. The molecule has 0 saturated heterocycles. The Morgan fingerprint density at radius 1 is 1.23 bits per heavy atom. The fourth-order valence-electron chi connectivity index (χ4n) is 1.86. The maximum atomic E-state index is 11.4. The van der Waals surface area contributed by atoms with E-state index in [2.05, 4.69) is 15.3 Å². The first-order valence-corrected chi connectivity index (χ1v) is 7.20. The molecule has 2 N–H and O–H groups in total. The Morgan fingerprint density at radius 3 is 2.82 bits per heavy atom. The van der Waals surface area contributed by atoms with Gasteiger partial charge in [-0.1, -0.05) is 17.9 Å². The number of pyridine rings is 1. The van der Waals surface area contributed by atoms with Crippen LogP contribution in [-0.2, 0) is 0 Å². The van der Waals surface area contributed by atoms with Gasteiger partial charge in [0.1, 0.15) is 5.69 Å². The van der Waals surface area contributed by atoms with Gasteiger partial charge in [0, 0.05) is 17.3 Å². The number of anilines is 2. The lowest BCUT2D eigenvalue weighted by atomic mass is 10.2. The lowest BCUT2D eigenvalue weighted by molar-refractivity contribution is -0.268. The summed E-state index contributed by atoms with van der Waals surface area (Å²) in [6, 6.07) is 9.60. The smallest absolute Gasteiger partial charge is 0.335 e. The van der Waals surface area contributed by atoms with Gasteiger partial charge in [-0.15, -0.1) is 11.3 Å². The number of hydrogen-bond donors (Lipinski definition) is 2. The highest BCUT2D eigenvalue weighted by molar-refractivity contribution is 7.14. The van der Waals surface area contributed by atoms with Crippen LogP contribution in [-0.4, -0.2) is 21.0 Å². The van der Waals surface area contributed by atoms with Crippen LogP contribution in [0.4, 0.5) is 10.8 Å². The van der Waals surface area contributed by atoms with E-state index in [1.54, 1.807) is 6.20 Å². The van der Waals surface area contributed by atoms with E-state index in [4.69, 9.17) is 5.11 Å². The summed E-state index contributed by atoms with van der Waals surface area (Å²) >= 11 is 1.37. The zero-order valence-corrected chi connectivity index (χ0v) is 12.0. The van der Waals surface area contributed by atoms with Gasteiger partial charge in [-0.3, -0.25) is 4.98 Å². The number of nitrogens with one attached hydrogen (secondary N) is 1. The van der Waals surface area contributed by atoms with E-state index >= 15 is 0 Å². The van der Waals surface area contributed by atoms with Gasteiger partial charge in [0.05, 0.1) is 11.3 Å². The number of carboxylic acids is 1. The molecule has 6 nitrogen and oxygen atoms in total. The van der Waals surface area contributed by atoms with Gasteiger partial charge in [0.25, 0.3) is 0 Å². The molecule has 110 valence electrons. The van der Waals surface area contributed by atoms with Crippen molar-refractivity contribution in [2.45, 2.75) is 0 Å². The van der Waals surface area contributed by atoms with E-state index in [1.807, 2.05) is 23.6 Å². The van der Waals surface area contributed by atoms with Crippen LogP contribution in [0.2, 0.25) is 0 Å². The molecule has 0 atom stereocenters. The summed E-state index contributed by atoms with van der Waals surface area (Å²) in [5, 5.41) is 25.8. The molecule has 0 fully saturated rings. The van der Waals surface area contributed by atoms with Crippen molar-refractivity contribution in [2.24, 2.45) is 0 Å². The lowest BCUT2D eigenvalue weighted by Gasteiger charge is -2.11. The molecule has 7 heteroatoms. The third-order valence-corrected chi connectivity index (χ3v) is 3.65. The van der Waals surface area contributed by atoms with Crippen LogP contribution in [0.3, 0.4) is 0 Å². The Kier molecular flexibility index (Phi) is 3.71. The number of carbonyl (C=O) groups is 1. The predicted octanol–water partition coefficient (Wildman–Crippen LogP) is 2.72. The van der Waals surface area contributed by atoms with Crippen molar-refractivity contribution < 1.29 is 15.0 Å². The minimum Gasteiger partial charge on any atom is -0.872 e. The van der Waals surface area contributed by atoms with Gasteiger partial charge < -0.3 is 15.5 Å². The fourth-order valence-corrected chi connectivity index (χ4v) is 2.59. The SMILES string of the molecule is O=C(O)c1cc(Nc2nc(-c3ccccn3)cs2)ccc1[O-]. The zero-order chi connectivity index (χ0) is 15.5. The number of aromatic nitrogens is 2. The normalized spacial score (nSPS) is 10.4. The van der Waals surface area contributed by atoms with Crippen LogP contribution in [0.25, 0.3) is 11.4 Å². The lowest BCUT2D eigenvalue weighted by Crippen LogP contribution is -2.04. The minimum atomic E-state index is -1.25. The molecule has 0 amide bonds. The van der Waals surface area contributed by atoms with E-state index in [0.717, 1.165) is 11.4 Å². The molecule has 0 saturated carbocycles. The number of hydrogen-bond acceptors (Lipinski definition) is 6. The molecule has 1 aromatic carbocycles. The molecule has 0 unspecified atom stereocenters. The Balaban J connectivity index is 1.84. The molecule has 3 aromatic rings. The summed E-state index contributed by atoms with van der Waals surface area (Å²) in [4.78, 5) is 19.6. The van der Waals surface area contributed by atoms with Crippen LogP contribution in [0.15, 0.2) is 48.0 Å². The first kappa shape index (κ1) is 14.0. The Bertz CT molecular complexity index is 818. The largest absolute Gasteiger partial charge is 0.872 e. The summed E-state index contributed by atoms with van der Waals surface area (Å²) in [5.74, 6) is -1.77. The van der Waals surface area contributed by atoms with Crippen LogP contribution in [0.5, 0.6) is 5.75 Å². The quantitative estimate of drug-likeness (QED) is 0.768. The summed E-state index contributed by atoms with van der Waals surface area (Å²) in [7, 11) is 0. The number of carboxylic acid groups (broad SMARTS) is 1. The second-order valence-corrected chi connectivity index (χ2v) is 5.25. The third kappa shape index (κ3) is 2.89. The van der Waals surface area contributed by atoms with Crippen molar-refractivity contribution in [3.8, 4) is 17.1 Å². The summed E-state index contributed by atoms with van der Waals surface area (Å²) in [6.45, 7) is 0. The average molecular weight is 312 g/mol. The number of thiazole rings is 1. The third-order valence-electron chi connectivity index (χ3n) is 2.89. The van der Waals surface area contributed by atoms with Crippen molar-refractivity contribution >= 4 is 28.1 Å². The average Bonchev–Trinajstić information content (AvgIpc) is 2.98. The zero-order valence-electron chi connectivity index (χ0n) is 11.2. The highest BCUT2D eigenvalue weighted by Crippen LogP contribution is 2.27. The van der Waals surface area contributed by atoms with Crippen LogP contribution in [0.1, 0.15) is 10.4 Å². The van der Waals surface area contributed by atoms with Crippen molar-refractivity contribution in [3.05, 3.63) is 53.5 Å². The molecule has 2 heterocycles. The molecule has 0 aliphatic carbocycles. The van der Waals surface area contributed by atoms with Crippen molar-refractivity contribution in [1.29, 1.82) is 0 Å². The van der Waals surface area contributed by atoms with Gasteiger partial charge in [0.2, 0.25) is 0 Å². The van der Waals surface area contributed by atoms with E-state index < -0.39 is 11.7 Å². The summed E-state index contributed by atoms with van der Waals surface area (Å²) < 4.78 is 0. The summed E-state index contributed by atoms with van der Waals surface area (Å²) in [6.07, 6.45) is 1.69. The van der Waals surface area contributed by atoms with Gasteiger partial charge >= 0.3 is 5.97 Å². The fraction of sp³-hybridized carbons (Fsp3) is 0. The topological polar surface area (TPSA) is 98.2 Å². The van der Waals surface area contributed by atoms with Crippen LogP contribution in [0, 0.1) is 0 Å². The number of aromatic carboxylic acids is 1. The van der Waals surface area contributed by atoms with Gasteiger partial charge in [-0.25, -0.2) is 9.78 Å². The van der Waals surface area contributed by atoms with Crippen molar-refractivity contribution in [2.75, 3.05) is 5.32 Å². The highest BCUT2D eigenvalue weighted by Gasteiger charge is 2.08. The molecule has 0 radical (unpaired) electrons. The molecule has 22 heavy (non-hydrogen) atoms. The summed E-state index contributed by atoms with van der Waals surface area (Å²) in [5.41, 5.74) is 1.71. The molecule has 0 bridgehead atoms. The monoisotopic (exact) mass is 312 g/mol. The second-order valence-electron chi connectivity index (χ2n) is 4.39. The molecule has 0 spiro atoms. The van der Waals surface area contributed by atoms with E-state index in [0.29, 0.717) is 10.8 Å². The number of rotatable bonds is 4. The highest BCUT2D eigenvalue weighted by atomic mass is 32.1. The van der Waals surface area contributed by atoms with Crippen LogP contribution >= 0.6 is 11.3 Å². The Morgan fingerprint density at radius 2 is 2.09 bits per heavy atom. The minimum absolute atomic E-state index is 0.272. The number of nitrogens with zero attached hydrogens (tertiary/aromatic N) is 2. The molecule has 0 aliphatic rings. The maximum absolute atomic E-state index is 11.4. The molecule has 0 aliphatic heterocycles.